The molecule has 0 aliphatic carbocycles. The molecule has 2 N–H and O–H groups in total. The lowest BCUT2D eigenvalue weighted by molar-refractivity contribution is -0.0272. The van der Waals surface area contributed by atoms with Gasteiger partial charge in [0, 0.05) is 49.6 Å². The summed E-state index contributed by atoms with van der Waals surface area (Å²) < 4.78 is 7.52. The first-order valence-corrected chi connectivity index (χ1v) is 7.54. The van der Waals surface area contributed by atoms with E-state index in [-0.39, 0.29) is 17.9 Å². The van der Waals surface area contributed by atoms with Gasteiger partial charge in [-0.05, 0) is 19.8 Å². The van der Waals surface area contributed by atoms with E-state index in [9.17, 15) is 4.79 Å². The lowest BCUT2D eigenvalue weighted by Gasteiger charge is -2.31. The fourth-order valence-corrected chi connectivity index (χ4v) is 2.98. The fraction of sp³-hybridized carbons (Fsp3) is 0.533. The molecule has 1 amide bonds. The van der Waals surface area contributed by atoms with Gasteiger partial charge in [0.15, 0.2) is 5.69 Å². The van der Waals surface area contributed by atoms with Crippen molar-refractivity contribution in [1.82, 2.24) is 25.3 Å². The van der Waals surface area contributed by atoms with Gasteiger partial charge in [0.1, 0.15) is 0 Å². The predicted molar refractivity (Wildman–Crippen MR) is 80.3 cm³/mol. The van der Waals surface area contributed by atoms with Crippen molar-refractivity contribution in [2.75, 3.05) is 13.2 Å². The van der Waals surface area contributed by atoms with Crippen LogP contribution in [0.1, 0.15) is 40.6 Å². The number of H-pyrrole nitrogens is 1. The first-order chi connectivity index (χ1) is 10.6. The Kier molecular flexibility index (Phi) is 4.24. The summed E-state index contributed by atoms with van der Waals surface area (Å²) in [7, 11) is 1.81. The van der Waals surface area contributed by atoms with Gasteiger partial charge in [-0.3, -0.25) is 14.6 Å². The van der Waals surface area contributed by atoms with Crippen LogP contribution < -0.4 is 5.32 Å². The molecular weight excluding hydrogens is 282 g/mol. The average Bonchev–Trinajstić information content (AvgIpc) is 3.15. The van der Waals surface area contributed by atoms with Gasteiger partial charge in [-0.15, -0.1) is 0 Å². The monoisotopic (exact) mass is 303 g/mol. The minimum absolute atomic E-state index is 0.0161. The zero-order valence-corrected chi connectivity index (χ0v) is 12.9. The quantitative estimate of drug-likeness (QED) is 0.893. The van der Waals surface area contributed by atoms with Crippen molar-refractivity contribution >= 4 is 5.91 Å². The number of amides is 1. The highest BCUT2D eigenvalue weighted by Crippen LogP contribution is 2.32. The van der Waals surface area contributed by atoms with Gasteiger partial charge in [-0.1, -0.05) is 0 Å². The van der Waals surface area contributed by atoms with Gasteiger partial charge in [0.2, 0.25) is 0 Å². The Hall–Kier alpha value is -2.15. The van der Waals surface area contributed by atoms with Gasteiger partial charge < -0.3 is 10.1 Å². The van der Waals surface area contributed by atoms with E-state index in [1.165, 1.54) is 0 Å². The van der Waals surface area contributed by atoms with Gasteiger partial charge in [-0.2, -0.15) is 10.2 Å². The molecule has 1 fully saturated rings. The Morgan fingerprint density at radius 3 is 3.14 bits per heavy atom. The summed E-state index contributed by atoms with van der Waals surface area (Å²) in [6, 6.07) is 0. The van der Waals surface area contributed by atoms with Crippen LogP contribution in [0.25, 0.3) is 0 Å². The van der Waals surface area contributed by atoms with Crippen LogP contribution in [-0.2, 0) is 11.8 Å². The summed E-state index contributed by atoms with van der Waals surface area (Å²) >= 11 is 0. The van der Waals surface area contributed by atoms with E-state index in [0.29, 0.717) is 12.2 Å². The van der Waals surface area contributed by atoms with Crippen LogP contribution in [0.4, 0.5) is 0 Å². The van der Waals surface area contributed by atoms with Gasteiger partial charge >= 0.3 is 0 Å². The summed E-state index contributed by atoms with van der Waals surface area (Å²) in [5.74, 6) is 0.119. The summed E-state index contributed by atoms with van der Waals surface area (Å²) in [6.45, 7) is 3.21. The Balaban J connectivity index is 1.64. The smallest absolute Gasteiger partial charge is 0.272 e. The highest BCUT2D eigenvalue weighted by atomic mass is 16.5. The van der Waals surface area contributed by atoms with Gasteiger partial charge in [0.25, 0.3) is 5.91 Å². The van der Waals surface area contributed by atoms with Crippen LogP contribution in [-0.4, -0.2) is 39.0 Å². The second-order valence-electron chi connectivity index (χ2n) is 5.77. The van der Waals surface area contributed by atoms with Crippen LogP contribution in [0, 0.1) is 12.8 Å². The number of aromatic amines is 1. The Morgan fingerprint density at radius 1 is 1.59 bits per heavy atom. The molecule has 2 aromatic rings. The minimum atomic E-state index is -0.130. The molecule has 0 saturated carbocycles. The molecule has 7 nitrogen and oxygen atoms in total. The molecule has 118 valence electrons. The van der Waals surface area contributed by atoms with E-state index in [1.54, 1.807) is 10.9 Å². The van der Waals surface area contributed by atoms with Gasteiger partial charge in [0.05, 0.1) is 12.3 Å². The minimum Gasteiger partial charge on any atom is -0.373 e. The van der Waals surface area contributed by atoms with Crippen molar-refractivity contribution in [3.63, 3.8) is 0 Å². The largest absolute Gasteiger partial charge is 0.373 e. The molecule has 2 aromatic heterocycles. The second kappa shape index (κ2) is 6.31. The zero-order valence-electron chi connectivity index (χ0n) is 12.9. The number of nitrogens with zero attached hydrogens (tertiary/aromatic N) is 3. The number of carbonyl (C=O) groups excluding carboxylic acids is 1. The predicted octanol–water partition coefficient (Wildman–Crippen LogP) is 1.35. The van der Waals surface area contributed by atoms with E-state index in [0.717, 1.165) is 30.6 Å². The maximum Gasteiger partial charge on any atom is 0.272 e. The molecule has 7 heteroatoms. The molecule has 0 radical (unpaired) electrons. The zero-order chi connectivity index (χ0) is 15.5. The number of hydrogen-bond acceptors (Lipinski definition) is 4. The highest BCUT2D eigenvalue weighted by Gasteiger charge is 2.28. The van der Waals surface area contributed by atoms with E-state index < -0.39 is 0 Å². The lowest BCUT2D eigenvalue weighted by Crippen LogP contribution is -2.35. The van der Waals surface area contributed by atoms with Crippen LogP contribution >= 0.6 is 0 Å². The number of aryl methyl sites for hydroxylation is 2. The summed E-state index contributed by atoms with van der Waals surface area (Å²) in [5, 5.41) is 14.0. The molecule has 1 aliphatic heterocycles. The lowest BCUT2D eigenvalue weighted by atomic mass is 9.91. The van der Waals surface area contributed by atoms with Crippen molar-refractivity contribution in [3.8, 4) is 0 Å². The van der Waals surface area contributed by atoms with Crippen molar-refractivity contribution in [2.45, 2.75) is 25.9 Å². The first-order valence-electron chi connectivity index (χ1n) is 7.54. The van der Waals surface area contributed by atoms with Crippen LogP contribution in [0.15, 0.2) is 18.6 Å². The van der Waals surface area contributed by atoms with Gasteiger partial charge in [-0.25, -0.2) is 0 Å². The third kappa shape index (κ3) is 3.04. The average molecular weight is 303 g/mol. The number of aromatic nitrogens is 4. The molecule has 0 aromatic carbocycles. The van der Waals surface area contributed by atoms with Crippen molar-refractivity contribution in [3.05, 3.63) is 35.4 Å². The molecule has 22 heavy (non-hydrogen) atoms. The molecule has 1 saturated heterocycles. The molecule has 0 bridgehead atoms. The Labute approximate surface area is 129 Å². The molecular formula is C15H21N5O2. The third-order valence-electron chi connectivity index (χ3n) is 4.04. The number of carbonyl (C=O) groups is 1. The number of hydrogen-bond donors (Lipinski definition) is 2. The summed E-state index contributed by atoms with van der Waals surface area (Å²) in [6.07, 6.45) is 7.50. The van der Waals surface area contributed by atoms with Crippen molar-refractivity contribution in [1.29, 1.82) is 0 Å². The fourth-order valence-electron chi connectivity index (χ4n) is 2.98. The molecule has 3 heterocycles. The van der Waals surface area contributed by atoms with E-state index in [2.05, 4.69) is 20.6 Å². The normalized spacial score (nSPS) is 21.7. The van der Waals surface area contributed by atoms with E-state index in [4.69, 9.17) is 4.74 Å². The number of nitrogens with one attached hydrogen (secondary N) is 2. The maximum absolute atomic E-state index is 12.3. The molecule has 0 spiro atoms. The Morgan fingerprint density at radius 2 is 2.45 bits per heavy atom. The molecule has 1 aliphatic rings. The molecule has 3 rings (SSSR count). The SMILES string of the molecule is Cc1cn(C)nc1C(=O)NC[C@@H]1CCCO[C@H]1c1cn[nH]c1. The van der Waals surface area contributed by atoms with Crippen molar-refractivity contribution < 1.29 is 9.53 Å². The second-order valence-corrected chi connectivity index (χ2v) is 5.77. The topological polar surface area (TPSA) is 84.8 Å². The number of rotatable bonds is 4. The highest BCUT2D eigenvalue weighted by molar-refractivity contribution is 5.93. The standard InChI is InChI=1S/C15H21N5O2/c1-10-9-20(2)19-13(10)15(21)16-6-11-4-3-5-22-14(11)12-7-17-18-8-12/h7-9,11,14H,3-6H2,1-2H3,(H,16,21)(H,17,18)/t11-,14+/m0/s1. The van der Waals surface area contributed by atoms with Crippen molar-refractivity contribution in [2.24, 2.45) is 13.0 Å². The molecule has 2 atom stereocenters. The summed E-state index contributed by atoms with van der Waals surface area (Å²) in [4.78, 5) is 12.3. The maximum atomic E-state index is 12.3. The first kappa shape index (κ1) is 14.8. The Bertz CT molecular complexity index is 634. The summed E-state index contributed by atoms with van der Waals surface area (Å²) in [5.41, 5.74) is 2.40. The van der Waals surface area contributed by atoms with Crippen LogP contribution in [0.5, 0.6) is 0 Å². The number of ether oxygens (including phenoxy) is 1. The van der Waals surface area contributed by atoms with Crippen LogP contribution in [0.2, 0.25) is 0 Å². The molecule has 0 unspecified atom stereocenters. The van der Waals surface area contributed by atoms with E-state index >= 15 is 0 Å². The van der Waals surface area contributed by atoms with Crippen LogP contribution in [0.3, 0.4) is 0 Å². The van der Waals surface area contributed by atoms with E-state index in [1.807, 2.05) is 26.4 Å². The third-order valence-corrected chi connectivity index (χ3v) is 4.04.